The Balaban J connectivity index is 1.82. The molecule has 0 saturated carbocycles. The number of nitrogens with one attached hydrogen (secondary N) is 1. The van der Waals surface area contributed by atoms with Crippen molar-refractivity contribution < 1.29 is 9.72 Å². The Labute approximate surface area is 128 Å². The Morgan fingerprint density at radius 3 is 2.59 bits per heavy atom. The Kier molecular flexibility index (Phi) is 4.88. The molecule has 0 saturated heterocycles. The topological polar surface area (TPSA) is 90.1 Å². The lowest BCUT2D eigenvalue weighted by Gasteiger charge is -2.05. The van der Waals surface area contributed by atoms with Crippen molar-refractivity contribution in [2.45, 2.75) is 33.2 Å². The fraction of sp³-hybridized carbons (Fsp3) is 0.333. The van der Waals surface area contributed by atoms with Gasteiger partial charge in [-0.25, -0.2) is 0 Å². The predicted octanol–water partition coefficient (Wildman–Crippen LogP) is 2.83. The van der Waals surface area contributed by atoms with Crippen molar-refractivity contribution >= 4 is 17.4 Å². The lowest BCUT2D eigenvalue weighted by Crippen LogP contribution is -2.13. The highest BCUT2D eigenvalue weighted by molar-refractivity contribution is 5.90. The second-order valence-corrected chi connectivity index (χ2v) is 5.14. The summed E-state index contributed by atoms with van der Waals surface area (Å²) in [6.45, 7) is 4.21. The number of aryl methyl sites for hydroxylation is 3. The Morgan fingerprint density at radius 2 is 2.00 bits per heavy atom. The lowest BCUT2D eigenvalue weighted by molar-refractivity contribution is -0.389. The van der Waals surface area contributed by atoms with Crippen LogP contribution in [-0.4, -0.2) is 20.6 Å². The summed E-state index contributed by atoms with van der Waals surface area (Å²) < 4.78 is 1.55. The SMILES string of the molecule is Cc1ccc(NC(=O)CCCn2nc([N+](=O)[O-])cc2C)cc1. The fourth-order valence-corrected chi connectivity index (χ4v) is 2.06. The van der Waals surface area contributed by atoms with Crippen LogP contribution in [0.3, 0.4) is 0 Å². The van der Waals surface area contributed by atoms with Crippen LogP contribution in [-0.2, 0) is 11.3 Å². The van der Waals surface area contributed by atoms with E-state index in [4.69, 9.17) is 0 Å². The van der Waals surface area contributed by atoms with Gasteiger partial charge in [-0.3, -0.25) is 4.79 Å². The number of nitro groups is 1. The average molecular weight is 302 g/mol. The van der Waals surface area contributed by atoms with Crippen LogP contribution in [0, 0.1) is 24.0 Å². The molecule has 2 rings (SSSR count). The van der Waals surface area contributed by atoms with Gasteiger partial charge in [0, 0.05) is 12.1 Å². The summed E-state index contributed by atoms with van der Waals surface area (Å²) in [6, 6.07) is 9.00. The van der Waals surface area contributed by atoms with Gasteiger partial charge in [0.1, 0.15) is 0 Å². The minimum Gasteiger partial charge on any atom is -0.358 e. The van der Waals surface area contributed by atoms with Gasteiger partial charge in [0.2, 0.25) is 5.91 Å². The van der Waals surface area contributed by atoms with Gasteiger partial charge < -0.3 is 15.4 Å². The number of carbonyl (C=O) groups excluding carboxylic acids is 1. The largest absolute Gasteiger partial charge is 0.390 e. The van der Waals surface area contributed by atoms with Crippen molar-refractivity contribution in [1.82, 2.24) is 9.78 Å². The van der Waals surface area contributed by atoms with E-state index < -0.39 is 4.92 Å². The first-order valence-corrected chi connectivity index (χ1v) is 7.01. The molecule has 1 N–H and O–H groups in total. The molecule has 0 atom stereocenters. The Morgan fingerprint density at radius 1 is 1.32 bits per heavy atom. The molecule has 0 fully saturated rings. The summed E-state index contributed by atoms with van der Waals surface area (Å²) in [4.78, 5) is 22.0. The molecule has 22 heavy (non-hydrogen) atoms. The van der Waals surface area contributed by atoms with Gasteiger partial charge >= 0.3 is 5.82 Å². The number of rotatable bonds is 6. The molecule has 1 heterocycles. The highest BCUT2D eigenvalue weighted by Gasteiger charge is 2.15. The molecule has 1 aromatic carbocycles. The van der Waals surface area contributed by atoms with Crippen LogP contribution in [0.5, 0.6) is 0 Å². The molecule has 1 amide bonds. The average Bonchev–Trinajstić information content (AvgIpc) is 2.83. The number of nitrogens with zero attached hydrogens (tertiary/aromatic N) is 3. The van der Waals surface area contributed by atoms with Crippen LogP contribution in [0.1, 0.15) is 24.1 Å². The van der Waals surface area contributed by atoms with E-state index >= 15 is 0 Å². The Bertz CT molecular complexity index is 677. The molecule has 0 aliphatic carbocycles. The van der Waals surface area contributed by atoms with E-state index in [1.165, 1.54) is 6.07 Å². The van der Waals surface area contributed by atoms with E-state index in [9.17, 15) is 14.9 Å². The molecule has 0 radical (unpaired) electrons. The van der Waals surface area contributed by atoms with Crippen molar-refractivity contribution in [2.75, 3.05) is 5.32 Å². The van der Waals surface area contributed by atoms with Gasteiger partial charge in [-0.15, -0.1) is 0 Å². The molecule has 1 aromatic heterocycles. The van der Waals surface area contributed by atoms with Gasteiger partial charge in [0.15, 0.2) is 0 Å². The Hall–Kier alpha value is -2.70. The molecular weight excluding hydrogens is 284 g/mol. The zero-order valence-corrected chi connectivity index (χ0v) is 12.6. The zero-order valence-electron chi connectivity index (χ0n) is 12.6. The first kappa shape index (κ1) is 15.7. The normalized spacial score (nSPS) is 10.5. The summed E-state index contributed by atoms with van der Waals surface area (Å²) in [5.41, 5.74) is 2.61. The molecule has 116 valence electrons. The number of carbonyl (C=O) groups is 1. The predicted molar refractivity (Wildman–Crippen MR) is 82.7 cm³/mol. The molecule has 2 aromatic rings. The molecular formula is C15H18N4O3. The molecule has 0 bridgehead atoms. The fourth-order valence-electron chi connectivity index (χ4n) is 2.06. The molecule has 0 spiro atoms. The van der Waals surface area contributed by atoms with Crippen LogP contribution in [0.25, 0.3) is 0 Å². The number of hydrogen-bond acceptors (Lipinski definition) is 4. The number of hydrogen-bond donors (Lipinski definition) is 1. The third-order valence-electron chi connectivity index (χ3n) is 3.26. The van der Waals surface area contributed by atoms with E-state index in [1.807, 2.05) is 31.2 Å². The summed E-state index contributed by atoms with van der Waals surface area (Å²) in [7, 11) is 0. The van der Waals surface area contributed by atoms with E-state index in [2.05, 4.69) is 10.4 Å². The second-order valence-electron chi connectivity index (χ2n) is 5.14. The molecule has 0 aliphatic rings. The maximum atomic E-state index is 11.8. The quantitative estimate of drug-likeness (QED) is 0.656. The summed E-state index contributed by atoms with van der Waals surface area (Å²) in [6.07, 6.45) is 0.901. The van der Waals surface area contributed by atoms with E-state index in [0.29, 0.717) is 25.1 Å². The molecule has 7 nitrogen and oxygen atoms in total. The van der Waals surface area contributed by atoms with Crippen LogP contribution < -0.4 is 5.32 Å². The van der Waals surface area contributed by atoms with Crippen LogP contribution in [0.2, 0.25) is 0 Å². The maximum absolute atomic E-state index is 11.8. The summed E-state index contributed by atoms with van der Waals surface area (Å²) in [5, 5.41) is 17.3. The number of amides is 1. The monoisotopic (exact) mass is 302 g/mol. The highest BCUT2D eigenvalue weighted by atomic mass is 16.6. The molecule has 0 unspecified atom stereocenters. The minimum atomic E-state index is -0.520. The van der Waals surface area contributed by atoms with E-state index in [1.54, 1.807) is 11.6 Å². The van der Waals surface area contributed by atoms with Gasteiger partial charge in [0.05, 0.1) is 23.4 Å². The van der Waals surface area contributed by atoms with Gasteiger partial charge in [0.25, 0.3) is 0 Å². The van der Waals surface area contributed by atoms with E-state index in [0.717, 1.165) is 11.3 Å². The van der Waals surface area contributed by atoms with Crippen LogP contribution in [0.15, 0.2) is 30.3 Å². The third kappa shape index (κ3) is 4.15. The van der Waals surface area contributed by atoms with Gasteiger partial charge in [-0.05, 0) is 37.3 Å². The highest BCUT2D eigenvalue weighted by Crippen LogP contribution is 2.12. The summed E-state index contributed by atoms with van der Waals surface area (Å²) >= 11 is 0. The van der Waals surface area contributed by atoms with E-state index in [-0.39, 0.29) is 11.7 Å². The maximum Gasteiger partial charge on any atom is 0.390 e. The third-order valence-corrected chi connectivity index (χ3v) is 3.26. The number of benzene rings is 1. The van der Waals surface area contributed by atoms with Crippen LogP contribution >= 0.6 is 0 Å². The standard InChI is InChI=1S/C15H18N4O3/c1-11-5-7-13(8-6-11)16-15(20)4-3-9-18-12(2)10-14(17-18)19(21)22/h5-8,10H,3-4,9H2,1-2H3,(H,16,20). The van der Waals surface area contributed by atoms with Gasteiger partial charge in [-0.2, -0.15) is 4.68 Å². The van der Waals surface area contributed by atoms with Crippen molar-refractivity contribution in [3.8, 4) is 0 Å². The lowest BCUT2D eigenvalue weighted by atomic mass is 10.2. The van der Waals surface area contributed by atoms with Crippen molar-refractivity contribution in [1.29, 1.82) is 0 Å². The first-order valence-electron chi connectivity index (χ1n) is 7.01. The van der Waals surface area contributed by atoms with Crippen LogP contribution in [0.4, 0.5) is 11.5 Å². The van der Waals surface area contributed by atoms with Crippen molar-refractivity contribution in [3.63, 3.8) is 0 Å². The minimum absolute atomic E-state index is 0.0804. The first-order chi connectivity index (χ1) is 10.5. The molecule has 0 aliphatic heterocycles. The molecule has 7 heteroatoms. The number of anilines is 1. The smallest absolute Gasteiger partial charge is 0.358 e. The zero-order chi connectivity index (χ0) is 16.1. The van der Waals surface area contributed by atoms with Crippen molar-refractivity contribution in [2.24, 2.45) is 0 Å². The van der Waals surface area contributed by atoms with Gasteiger partial charge in [-0.1, -0.05) is 17.7 Å². The second kappa shape index (κ2) is 6.84. The summed E-state index contributed by atoms with van der Waals surface area (Å²) in [5.74, 6) is -0.246. The number of aromatic nitrogens is 2. The van der Waals surface area contributed by atoms with Crippen molar-refractivity contribution in [3.05, 3.63) is 51.7 Å².